The Morgan fingerprint density at radius 2 is 2.09 bits per heavy atom. The van der Waals surface area contributed by atoms with Gasteiger partial charge >= 0.3 is 0 Å². The lowest BCUT2D eigenvalue weighted by Crippen LogP contribution is -2.38. The molecule has 0 unspecified atom stereocenters. The van der Waals surface area contributed by atoms with Crippen LogP contribution in [-0.2, 0) is 18.2 Å². The summed E-state index contributed by atoms with van der Waals surface area (Å²) in [6.45, 7) is 6.02. The van der Waals surface area contributed by atoms with Crippen molar-refractivity contribution in [1.29, 1.82) is 0 Å². The monoisotopic (exact) mass is 502 g/mol. The number of nitrogens with one attached hydrogen (secondary N) is 1. The summed E-state index contributed by atoms with van der Waals surface area (Å²) in [5.41, 5.74) is 2.83. The van der Waals surface area contributed by atoms with Crippen LogP contribution in [0.15, 0.2) is 34.6 Å². The zero-order valence-electron chi connectivity index (χ0n) is 20.2. The second-order valence-corrected chi connectivity index (χ2v) is 9.78. The number of anilines is 3. The van der Waals surface area contributed by atoms with Crippen LogP contribution in [0.1, 0.15) is 19.5 Å². The summed E-state index contributed by atoms with van der Waals surface area (Å²) >= 11 is 8.20. The van der Waals surface area contributed by atoms with Gasteiger partial charge in [-0.3, -0.25) is 9.36 Å². The molecule has 2 atom stereocenters. The minimum atomic E-state index is -0.127. The van der Waals surface area contributed by atoms with Crippen LogP contribution in [0.5, 0.6) is 0 Å². The van der Waals surface area contributed by atoms with Gasteiger partial charge in [0, 0.05) is 63.7 Å². The van der Waals surface area contributed by atoms with E-state index in [1.54, 1.807) is 29.1 Å². The third-order valence-corrected chi connectivity index (χ3v) is 7.22. The maximum absolute atomic E-state index is 13.5. The Morgan fingerprint density at radius 1 is 1.29 bits per heavy atom. The topological polar surface area (TPSA) is 75.5 Å². The van der Waals surface area contributed by atoms with E-state index in [2.05, 4.69) is 15.2 Å². The molecule has 0 bridgehead atoms. The number of aryl methyl sites for hydroxylation is 1. The number of rotatable bonds is 8. The fourth-order valence-corrected chi connectivity index (χ4v) is 5.18. The Balaban J connectivity index is 1.68. The number of nitrogens with zero attached hydrogens (tertiary/aromatic N) is 5. The standard InChI is InChI=1S/C24H31ClN6O2S/c1-6-18-21(27-19-13-31(14-20(19)33-7-2)24-26-10-11-34-24)23(32)30(5)22(28-18)16-9-8-15(29(3)4)12-17(16)25/h8-12,19-20,27H,6-7,13-14H2,1-5H3/t19-,20+/m1/s1. The Hall–Kier alpha value is -2.62. The average Bonchev–Trinajstić information content (AvgIpc) is 3.48. The zero-order chi connectivity index (χ0) is 24.4. The molecule has 0 radical (unpaired) electrons. The predicted octanol–water partition coefficient (Wildman–Crippen LogP) is 3.89. The Labute approximate surface area is 209 Å². The van der Waals surface area contributed by atoms with E-state index in [-0.39, 0.29) is 17.7 Å². The van der Waals surface area contributed by atoms with E-state index in [0.29, 0.717) is 41.8 Å². The van der Waals surface area contributed by atoms with Crippen molar-refractivity contribution in [3.05, 3.63) is 50.8 Å². The number of halogens is 1. The summed E-state index contributed by atoms with van der Waals surface area (Å²) in [6.07, 6.45) is 2.36. The van der Waals surface area contributed by atoms with E-state index in [0.717, 1.165) is 22.9 Å². The van der Waals surface area contributed by atoms with Crippen LogP contribution in [0.2, 0.25) is 5.02 Å². The van der Waals surface area contributed by atoms with Gasteiger partial charge in [-0.25, -0.2) is 9.97 Å². The van der Waals surface area contributed by atoms with Crippen LogP contribution in [0.3, 0.4) is 0 Å². The molecule has 3 aromatic rings. The summed E-state index contributed by atoms with van der Waals surface area (Å²) < 4.78 is 7.59. The first-order valence-electron chi connectivity index (χ1n) is 11.4. The van der Waals surface area contributed by atoms with E-state index in [1.807, 2.05) is 56.4 Å². The lowest BCUT2D eigenvalue weighted by molar-refractivity contribution is 0.0720. The third kappa shape index (κ3) is 4.78. The highest BCUT2D eigenvalue weighted by molar-refractivity contribution is 7.13. The Kier molecular flexibility index (Phi) is 7.45. The number of ether oxygens (including phenoxy) is 1. The van der Waals surface area contributed by atoms with Crippen molar-refractivity contribution in [3.8, 4) is 11.4 Å². The fourth-order valence-electron chi connectivity index (χ4n) is 4.26. The van der Waals surface area contributed by atoms with Gasteiger partial charge in [-0.2, -0.15) is 0 Å². The molecular formula is C24H31ClN6O2S. The van der Waals surface area contributed by atoms with E-state index < -0.39 is 0 Å². The van der Waals surface area contributed by atoms with Gasteiger partial charge in [0.1, 0.15) is 11.5 Å². The SMILES string of the molecule is CCO[C@H]1CN(c2nccs2)C[C@H]1Nc1c(CC)nc(-c2ccc(N(C)C)cc2Cl)n(C)c1=O. The van der Waals surface area contributed by atoms with Crippen molar-refractivity contribution >= 4 is 39.4 Å². The molecule has 0 aliphatic carbocycles. The first-order valence-corrected chi connectivity index (χ1v) is 12.7. The molecular weight excluding hydrogens is 472 g/mol. The quantitative estimate of drug-likeness (QED) is 0.500. The molecule has 4 rings (SSSR count). The van der Waals surface area contributed by atoms with Gasteiger partial charge in [-0.15, -0.1) is 11.3 Å². The van der Waals surface area contributed by atoms with Gasteiger partial charge in [-0.1, -0.05) is 18.5 Å². The van der Waals surface area contributed by atoms with Crippen molar-refractivity contribution in [2.75, 3.05) is 48.9 Å². The molecule has 0 amide bonds. The van der Waals surface area contributed by atoms with Gasteiger partial charge in [0.25, 0.3) is 5.56 Å². The Bertz CT molecular complexity index is 1200. The molecule has 1 fully saturated rings. The molecule has 2 aromatic heterocycles. The maximum atomic E-state index is 13.5. The highest BCUT2D eigenvalue weighted by Gasteiger charge is 2.35. The molecule has 3 heterocycles. The zero-order valence-corrected chi connectivity index (χ0v) is 21.8. The lowest BCUT2D eigenvalue weighted by atomic mass is 10.1. The van der Waals surface area contributed by atoms with Crippen molar-refractivity contribution < 1.29 is 4.74 Å². The largest absolute Gasteiger partial charge is 0.378 e. The number of aromatic nitrogens is 3. The first-order chi connectivity index (χ1) is 16.3. The van der Waals surface area contributed by atoms with Crippen molar-refractivity contribution in [3.63, 3.8) is 0 Å². The number of thiazole rings is 1. The Morgan fingerprint density at radius 3 is 2.71 bits per heavy atom. The van der Waals surface area contributed by atoms with Crippen LogP contribution in [0.25, 0.3) is 11.4 Å². The van der Waals surface area contributed by atoms with Crippen LogP contribution in [0, 0.1) is 0 Å². The lowest BCUT2D eigenvalue weighted by Gasteiger charge is -2.23. The summed E-state index contributed by atoms with van der Waals surface area (Å²) in [5, 5.41) is 6.97. The van der Waals surface area contributed by atoms with Crippen LogP contribution in [0.4, 0.5) is 16.5 Å². The van der Waals surface area contributed by atoms with Crippen LogP contribution >= 0.6 is 22.9 Å². The van der Waals surface area contributed by atoms with Gasteiger partial charge in [-0.05, 0) is 31.5 Å². The summed E-state index contributed by atoms with van der Waals surface area (Å²) in [4.78, 5) is 27.0. The van der Waals surface area contributed by atoms with Crippen molar-refractivity contribution in [1.82, 2.24) is 14.5 Å². The van der Waals surface area contributed by atoms with Crippen LogP contribution < -0.4 is 20.7 Å². The molecule has 1 aromatic carbocycles. The minimum absolute atomic E-state index is 0.0579. The van der Waals surface area contributed by atoms with Crippen LogP contribution in [-0.4, -0.2) is 60.5 Å². The number of benzene rings is 1. The van der Waals surface area contributed by atoms with E-state index in [1.165, 1.54) is 0 Å². The fraction of sp³-hybridized carbons (Fsp3) is 0.458. The predicted molar refractivity (Wildman–Crippen MR) is 141 cm³/mol. The van der Waals surface area contributed by atoms with Crippen molar-refractivity contribution in [2.24, 2.45) is 7.05 Å². The number of hydrogen-bond acceptors (Lipinski definition) is 8. The van der Waals surface area contributed by atoms with E-state index >= 15 is 0 Å². The molecule has 34 heavy (non-hydrogen) atoms. The summed E-state index contributed by atoms with van der Waals surface area (Å²) in [7, 11) is 5.66. The van der Waals surface area contributed by atoms with Gasteiger partial charge in [0.2, 0.25) is 0 Å². The van der Waals surface area contributed by atoms with Gasteiger partial charge in [0.15, 0.2) is 5.13 Å². The maximum Gasteiger partial charge on any atom is 0.277 e. The second kappa shape index (κ2) is 10.3. The van der Waals surface area contributed by atoms with Gasteiger partial charge < -0.3 is 19.9 Å². The smallest absolute Gasteiger partial charge is 0.277 e. The molecule has 8 nitrogen and oxygen atoms in total. The highest BCUT2D eigenvalue weighted by atomic mass is 35.5. The molecule has 1 saturated heterocycles. The highest BCUT2D eigenvalue weighted by Crippen LogP contribution is 2.31. The average molecular weight is 503 g/mol. The molecule has 0 saturated carbocycles. The normalized spacial score (nSPS) is 17.9. The number of hydrogen-bond donors (Lipinski definition) is 1. The van der Waals surface area contributed by atoms with E-state index in [4.69, 9.17) is 21.3 Å². The molecule has 10 heteroatoms. The molecule has 0 spiro atoms. The second-order valence-electron chi connectivity index (χ2n) is 8.50. The molecule has 182 valence electrons. The van der Waals surface area contributed by atoms with Gasteiger partial charge in [0.05, 0.1) is 22.9 Å². The third-order valence-electron chi connectivity index (χ3n) is 6.08. The summed E-state index contributed by atoms with van der Waals surface area (Å²) in [5.74, 6) is 0.555. The van der Waals surface area contributed by atoms with Crippen molar-refractivity contribution in [2.45, 2.75) is 32.4 Å². The van der Waals surface area contributed by atoms with E-state index in [9.17, 15) is 4.79 Å². The first kappa shape index (κ1) is 24.5. The molecule has 1 aliphatic heterocycles. The molecule has 1 aliphatic rings. The summed E-state index contributed by atoms with van der Waals surface area (Å²) in [6, 6.07) is 5.72. The molecule has 1 N–H and O–H groups in total. The minimum Gasteiger partial charge on any atom is -0.378 e.